The Morgan fingerprint density at radius 2 is 1.82 bits per heavy atom. The molecule has 1 aromatic heterocycles. The molecule has 2 aromatic carbocycles. The van der Waals surface area contributed by atoms with E-state index in [4.69, 9.17) is 0 Å². The van der Waals surface area contributed by atoms with Gasteiger partial charge < -0.3 is 10.2 Å². The Morgan fingerprint density at radius 1 is 1.04 bits per heavy atom. The number of aromatic hydroxyl groups is 2. The lowest BCUT2D eigenvalue weighted by Gasteiger charge is -2.10. The van der Waals surface area contributed by atoms with Crippen LogP contribution in [0.4, 0.5) is 5.69 Å². The zero-order chi connectivity index (χ0) is 20.1. The van der Waals surface area contributed by atoms with E-state index in [1.165, 1.54) is 42.6 Å². The molecule has 4 N–H and O–H groups in total. The molecule has 0 unspecified atom stereocenters. The molecule has 0 fully saturated rings. The Hall–Kier alpha value is -3.37. The van der Waals surface area contributed by atoms with Crippen molar-refractivity contribution < 1.29 is 23.4 Å². The molecular weight excluding hydrogens is 402 g/mol. The van der Waals surface area contributed by atoms with Crippen LogP contribution in [-0.2, 0) is 10.0 Å². The highest BCUT2D eigenvalue weighted by molar-refractivity contribution is 7.94. The van der Waals surface area contributed by atoms with E-state index in [1.807, 2.05) is 0 Å². The predicted molar refractivity (Wildman–Crippen MR) is 106 cm³/mol. The van der Waals surface area contributed by atoms with E-state index < -0.39 is 15.9 Å². The lowest BCUT2D eigenvalue weighted by Crippen LogP contribution is -2.21. The average Bonchev–Trinajstić information content (AvgIpc) is 3.20. The number of thiophene rings is 1. The Kier molecular flexibility index (Phi) is 5.62. The van der Waals surface area contributed by atoms with Crippen molar-refractivity contribution in [2.24, 2.45) is 5.10 Å². The van der Waals surface area contributed by atoms with Gasteiger partial charge in [-0.05, 0) is 47.3 Å². The van der Waals surface area contributed by atoms with Gasteiger partial charge in [0.15, 0.2) is 11.5 Å². The van der Waals surface area contributed by atoms with Gasteiger partial charge in [0.1, 0.15) is 4.21 Å². The van der Waals surface area contributed by atoms with E-state index in [9.17, 15) is 23.4 Å². The highest BCUT2D eigenvalue weighted by Gasteiger charge is 2.19. The molecule has 0 atom stereocenters. The SMILES string of the molecule is O=C(N/N=C/c1ccc(O)c(O)c1)c1ccccc1NS(=O)(=O)c1cccs1. The normalized spacial score (nSPS) is 11.4. The Bertz CT molecular complexity index is 1130. The Balaban J connectivity index is 1.75. The summed E-state index contributed by atoms with van der Waals surface area (Å²) in [6, 6.07) is 13.3. The van der Waals surface area contributed by atoms with Crippen LogP contribution >= 0.6 is 11.3 Å². The summed E-state index contributed by atoms with van der Waals surface area (Å²) in [5, 5.41) is 24.2. The maximum absolute atomic E-state index is 12.4. The second-order valence-electron chi connectivity index (χ2n) is 5.53. The maximum atomic E-state index is 12.4. The molecule has 1 heterocycles. The summed E-state index contributed by atoms with van der Waals surface area (Å²) in [5.41, 5.74) is 2.95. The number of carbonyl (C=O) groups is 1. The van der Waals surface area contributed by atoms with Gasteiger partial charge in [0.2, 0.25) is 0 Å². The topological polar surface area (TPSA) is 128 Å². The van der Waals surface area contributed by atoms with Crippen LogP contribution in [0, 0.1) is 0 Å². The van der Waals surface area contributed by atoms with Gasteiger partial charge in [-0.15, -0.1) is 11.3 Å². The number of phenols is 2. The van der Waals surface area contributed by atoms with E-state index in [1.54, 1.807) is 23.6 Å². The lowest BCUT2D eigenvalue weighted by atomic mass is 10.2. The fourth-order valence-corrected chi connectivity index (χ4v) is 4.30. The number of carbonyl (C=O) groups excluding carboxylic acids is 1. The number of sulfonamides is 1. The fourth-order valence-electron chi connectivity index (χ4n) is 2.23. The minimum atomic E-state index is -3.80. The minimum absolute atomic E-state index is 0.0911. The highest BCUT2D eigenvalue weighted by atomic mass is 32.2. The summed E-state index contributed by atoms with van der Waals surface area (Å²) in [5.74, 6) is -1.21. The van der Waals surface area contributed by atoms with Gasteiger partial charge in [0.05, 0.1) is 17.5 Å². The second-order valence-corrected chi connectivity index (χ2v) is 8.39. The largest absolute Gasteiger partial charge is 0.504 e. The summed E-state index contributed by atoms with van der Waals surface area (Å²) in [6.07, 6.45) is 1.27. The van der Waals surface area contributed by atoms with Crippen molar-refractivity contribution in [1.82, 2.24) is 5.43 Å². The number of rotatable bonds is 6. The van der Waals surface area contributed by atoms with E-state index >= 15 is 0 Å². The van der Waals surface area contributed by atoms with Crippen LogP contribution in [-0.4, -0.2) is 30.8 Å². The molecule has 0 aliphatic rings. The molecule has 0 saturated carbocycles. The Labute approximate surface area is 164 Å². The quantitative estimate of drug-likeness (QED) is 0.279. The van der Waals surface area contributed by atoms with Crippen LogP contribution in [0.3, 0.4) is 0 Å². The zero-order valence-corrected chi connectivity index (χ0v) is 15.9. The molecule has 0 bridgehead atoms. The monoisotopic (exact) mass is 417 g/mol. The molecule has 0 saturated heterocycles. The van der Waals surface area contributed by atoms with Gasteiger partial charge in [-0.3, -0.25) is 9.52 Å². The van der Waals surface area contributed by atoms with Crippen LogP contribution in [0.2, 0.25) is 0 Å². The first-order chi connectivity index (χ1) is 13.4. The number of para-hydroxylation sites is 1. The molecule has 28 heavy (non-hydrogen) atoms. The third kappa shape index (κ3) is 4.48. The van der Waals surface area contributed by atoms with Crippen molar-refractivity contribution in [3.63, 3.8) is 0 Å². The molecule has 0 aliphatic heterocycles. The zero-order valence-electron chi connectivity index (χ0n) is 14.2. The standard InChI is InChI=1S/C18H15N3O5S2/c22-15-8-7-12(10-16(15)23)11-19-20-18(24)13-4-1-2-5-14(13)21-28(25,26)17-6-3-9-27-17/h1-11,21-23H,(H,20,24)/b19-11+. The van der Waals surface area contributed by atoms with Gasteiger partial charge in [0.25, 0.3) is 15.9 Å². The van der Waals surface area contributed by atoms with Crippen molar-refractivity contribution in [2.45, 2.75) is 4.21 Å². The molecule has 1 amide bonds. The number of benzene rings is 2. The molecule has 0 aliphatic carbocycles. The molecular formula is C18H15N3O5S2. The number of anilines is 1. The molecule has 3 rings (SSSR count). The van der Waals surface area contributed by atoms with Gasteiger partial charge in [-0.25, -0.2) is 13.8 Å². The van der Waals surface area contributed by atoms with Crippen molar-refractivity contribution >= 4 is 39.2 Å². The Morgan fingerprint density at radius 3 is 2.54 bits per heavy atom. The summed E-state index contributed by atoms with van der Waals surface area (Å²) in [6.45, 7) is 0. The number of hydrogen-bond donors (Lipinski definition) is 4. The predicted octanol–water partition coefficient (Wildman–Crippen LogP) is 2.72. The van der Waals surface area contributed by atoms with Crippen LogP contribution in [0.15, 0.2) is 69.3 Å². The van der Waals surface area contributed by atoms with Crippen molar-refractivity contribution in [3.8, 4) is 11.5 Å². The first-order valence-electron chi connectivity index (χ1n) is 7.87. The van der Waals surface area contributed by atoms with Crippen LogP contribution in [0.25, 0.3) is 0 Å². The lowest BCUT2D eigenvalue weighted by molar-refractivity contribution is 0.0956. The molecule has 0 spiro atoms. The summed E-state index contributed by atoms with van der Waals surface area (Å²) >= 11 is 1.06. The number of nitrogens with zero attached hydrogens (tertiary/aromatic N) is 1. The molecule has 0 radical (unpaired) electrons. The van der Waals surface area contributed by atoms with E-state index in [2.05, 4.69) is 15.2 Å². The smallest absolute Gasteiger partial charge is 0.273 e. The van der Waals surface area contributed by atoms with E-state index in [0.29, 0.717) is 5.56 Å². The van der Waals surface area contributed by atoms with Gasteiger partial charge in [0, 0.05) is 0 Å². The minimum Gasteiger partial charge on any atom is -0.504 e. The molecule has 3 aromatic rings. The van der Waals surface area contributed by atoms with Crippen molar-refractivity contribution in [3.05, 3.63) is 71.1 Å². The number of nitrogens with one attached hydrogen (secondary N) is 2. The average molecular weight is 417 g/mol. The number of amides is 1. The third-order valence-corrected chi connectivity index (χ3v) is 6.32. The van der Waals surface area contributed by atoms with Gasteiger partial charge >= 0.3 is 0 Å². The van der Waals surface area contributed by atoms with Crippen LogP contribution in [0.1, 0.15) is 15.9 Å². The summed E-state index contributed by atoms with van der Waals surface area (Å²) < 4.78 is 27.3. The van der Waals surface area contributed by atoms with Crippen LogP contribution in [0.5, 0.6) is 11.5 Å². The highest BCUT2D eigenvalue weighted by Crippen LogP contribution is 2.24. The molecule has 8 nitrogen and oxygen atoms in total. The van der Waals surface area contributed by atoms with E-state index in [-0.39, 0.29) is 27.0 Å². The number of hydrazone groups is 1. The third-order valence-electron chi connectivity index (χ3n) is 3.56. The van der Waals surface area contributed by atoms with E-state index in [0.717, 1.165) is 11.3 Å². The first kappa shape index (κ1) is 19.4. The number of phenolic OH excluding ortho intramolecular Hbond substituents is 2. The number of hydrogen-bond acceptors (Lipinski definition) is 7. The summed E-state index contributed by atoms with van der Waals surface area (Å²) in [7, 11) is -3.80. The van der Waals surface area contributed by atoms with Gasteiger partial charge in [-0.1, -0.05) is 18.2 Å². The van der Waals surface area contributed by atoms with Crippen molar-refractivity contribution in [1.29, 1.82) is 0 Å². The molecule has 10 heteroatoms. The van der Waals surface area contributed by atoms with Gasteiger partial charge in [-0.2, -0.15) is 5.10 Å². The van der Waals surface area contributed by atoms with Crippen molar-refractivity contribution in [2.75, 3.05) is 4.72 Å². The molecule has 144 valence electrons. The first-order valence-corrected chi connectivity index (χ1v) is 10.2. The fraction of sp³-hybridized carbons (Fsp3) is 0. The maximum Gasteiger partial charge on any atom is 0.273 e. The second kappa shape index (κ2) is 8.11. The van der Waals surface area contributed by atoms with Crippen LogP contribution < -0.4 is 10.1 Å². The summed E-state index contributed by atoms with van der Waals surface area (Å²) in [4.78, 5) is 12.4.